The highest BCUT2D eigenvalue weighted by molar-refractivity contribution is 7.89. The molecule has 1 atom stereocenters. The number of rotatable bonds is 2. The predicted molar refractivity (Wildman–Crippen MR) is 73.0 cm³/mol. The maximum absolute atomic E-state index is 12.7. The van der Waals surface area contributed by atoms with E-state index in [0.717, 1.165) is 0 Å². The lowest BCUT2D eigenvalue weighted by Gasteiger charge is -2.33. The van der Waals surface area contributed by atoms with Crippen molar-refractivity contribution in [2.24, 2.45) is 7.05 Å². The van der Waals surface area contributed by atoms with Crippen LogP contribution in [0.2, 0.25) is 0 Å². The molecule has 0 bridgehead atoms. The average Bonchev–Trinajstić information content (AvgIpc) is 2.99. The molecule has 1 aromatic heterocycles. The summed E-state index contributed by atoms with van der Waals surface area (Å²) < 4.78 is 33.7. The van der Waals surface area contributed by atoms with Crippen LogP contribution in [0.25, 0.3) is 0 Å². The van der Waals surface area contributed by atoms with E-state index in [4.69, 9.17) is 4.74 Å². The molecule has 0 radical (unpaired) electrons. The van der Waals surface area contributed by atoms with Gasteiger partial charge in [-0.25, -0.2) is 8.42 Å². The Morgan fingerprint density at radius 3 is 2.81 bits per heavy atom. The van der Waals surface area contributed by atoms with Crippen LogP contribution in [-0.4, -0.2) is 60.3 Å². The van der Waals surface area contributed by atoms with E-state index < -0.39 is 15.6 Å². The van der Waals surface area contributed by atoms with Crippen molar-refractivity contribution in [2.75, 3.05) is 26.2 Å². The van der Waals surface area contributed by atoms with Crippen LogP contribution < -0.4 is 5.32 Å². The molecule has 2 saturated heterocycles. The zero-order valence-electron chi connectivity index (χ0n) is 12.0. The Morgan fingerprint density at radius 1 is 1.48 bits per heavy atom. The van der Waals surface area contributed by atoms with Crippen LogP contribution in [0.3, 0.4) is 0 Å². The average molecular weight is 314 g/mol. The van der Waals surface area contributed by atoms with E-state index in [-0.39, 0.29) is 24.1 Å². The minimum absolute atomic E-state index is 0.0152. The van der Waals surface area contributed by atoms with E-state index in [1.54, 1.807) is 20.0 Å². The molecule has 21 heavy (non-hydrogen) atoms. The lowest BCUT2D eigenvalue weighted by molar-refractivity contribution is -0.141. The first-order valence-electron chi connectivity index (χ1n) is 6.74. The Bertz CT molecular complexity index is 671. The second-order valence-electron chi connectivity index (χ2n) is 5.58. The van der Waals surface area contributed by atoms with Crippen LogP contribution in [0.15, 0.2) is 11.1 Å². The lowest BCUT2D eigenvalue weighted by Crippen LogP contribution is -2.54. The molecule has 2 aliphatic heterocycles. The van der Waals surface area contributed by atoms with Crippen LogP contribution in [0.4, 0.5) is 0 Å². The molecule has 2 aliphatic rings. The van der Waals surface area contributed by atoms with Gasteiger partial charge in [0, 0.05) is 26.7 Å². The molecule has 1 spiro atoms. The maximum atomic E-state index is 12.7. The molecule has 1 amide bonds. The zero-order chi connectivity index (χ0) is 15.3. The third-order valence-corrected chi connectivity index (χ3v) is 5.86. The minimum Gasteiger partial charge on any atom is -0.362 e. The first kappa shape index (κ1) is 14.5. The molecule has 1 unspecified atom stereocenters. The van der Waals surface area contributed by atoms with Gasteiger partial charge in [0.15, 0.2) is 5.03 Å². The number of sulfonamides is 1. The van der Waals surface area contributed by atoms with Crippen LogP contribution in [-0.2, 0) is 26.6 Å². The van der Waals surface area contributed by atoms with Crippen molar-refractivity contribution in [1.29, 1.82) is 0 Å². The maximum Gasteiger partial charge on any atom is 0.260 e. The molecular weight excluding hydrogens is 296 g/mol. The third-order valence-electron chi connectivity index (χ3n) is 3.96. The summed E-state index contributed by atoms with van der Waals surface area (Å²) in [6, 6.07) is 1.56. The second kappa shape index (κ2) is 4.79. The summed E-state index contributed by atoms with van der Waals surface area (Å²) in [6.45, 7) is 2.72. The zero-order valence-corrected chi connectivity index (χ0v) is 12.8. The number of nitrogens with one attached hydrogen (secondary N) is 1. The van der Waals surface area contributed by atoms with Gasteiger partial charge in [0.1, 0.15) is 12.2 Å². The number of morpholine rings is 1. The Balaban J connectivity index is 1.82. The predicted octanol–water partition coefficient (Wildman–Crippen LogP) is -0.992. The number of hydrogen-bond donors (Lipinski definition) is 1. The van der Waals surface area contributed by atoms with E-state index in [1.165, 1.54) is 8.99 Å². The number of aryl methyl sites for hydroxylation is 2. The fourth-order valence-corrected chi connectivity index (χ4v) is 4.51. The van der Waals surface area contributed by atoms with E-state index in [0.29, 0.717) is 25.2 Å². The van der Waals surface area contributed by atoms with Gasteiger partial charge in [0.25, 0.3) is 10.0 Å². The molecule has 0 aromatic carbocycles. The molecule has 3 heterocycles. The number of hydrogen-bond acceptors (Lipinski definition) is 5. The normalized spacial score (nSPS) is 27.2. The monoisotopic (exact) mass is 314 g/mol. The third kappa shape index (κ3) is 2.45. The molecule has 8 nitrogen and oxygen atoms in total. The molecule has 2 fully saturated rings. The van der Waals surface area contributed by atoms with Gasteiger partial charge >= 0.3 is 0 Å². The summed E-state index contributed by atoms with van der Waals surface area (Å²) in [7, 11) is -1.98. The van der Waals surface area contributed by atoms with Crippen LogP contribution >= 0.6 is 0 Å². The number of carbonyl (C=O) groups is 1. The standard InChI is InChI=1S/C12H18N4O4S/c1-9-5-11(15(2)14-9)21(18,19)16-4-3-12(8-16)7-13-10(17)6-20-12/h5H,3-4,6-8H2,1-2H3,(H,13,17). The summed E-state index contributed by atoms with van der Waals surface area (Å²) in [5, 5.41) is 7.00. The topological polar surface area (TPSA) is 93.5 Å². The second-order valence-corrected chi connectivity index (χ2v) is 7.47. The van der Waals surface area contributed by atoms with Crippen LogP contribution in [0, 0.1) is 6.92 Å². The van der Waals surface area contributed by atoms with E-state index in [9.17, 15) is 13.2 Å². The first-order valence-corrected chi connectivity index (χ1v) is 8.18. The van der Waals surface area contributed by atoms with Crippen molar-refractivity contribution in [3.8, 4) is 0 Å². The summed E-state index contributed by atoms with van der Waals surface area (Å²) in [5.74, 6) is -0.163. The molecule has 1 aromatic rings. The molecule has 1 N–H and O–H groups in total. The van der Waals surface area contributed by atoms with Gasteiger partial charge in [-0.1, -0.05) is 0 Å². The van der Waals surface area contributed by atoms with Gasteiger partial charge in [-0.05, 0) is 19.4 Å². The molecular formula is C12H18N4O4S. The van der Waals surface area contributed by atoms with Crippen molar-refractivity contribution in [3.05, 3.63) is 11.8 Å². The Labute approximate surface area is 123 Å². The summed E-state index contributed by atoms with van der Waals surface area (Å²) >= 11 is 0. The molecule has 0 aliphatic carbocycles. The van der Waals surface area contributed by atoms with Crippen molar-refractivity contribution in [1.82, 2.24) is 19.4 Å². The fourth-order valence-electron chi connectivity index (χ4n) is 2.82. The van der Waals surface area contributed by atoms with Crippen LogP contribution in [0.1, 0.15) is 12.1 Å². The lowest BCUT2D eigenvalue weighted by atomic mass is 10.0. The minimum atomic E-state index is -3.60. The summed E-state index contributed by atoms with van der Waals surface area (Å²) in [5.41, 5.74) is 0.0559. The Kier molecular flexibility index (Phi) is 3.30. The molecule has 116 valence electrons. The van der Waals surface area contributed by atoms with E-state index >= 15 is 0 Å². The largest absolute Gasteiger partial charge is 0.362 e. The van der Waals surface area contributed by atoms with E-state index in [1.807, 2.05) is 0 Å². The van der Waals surface area contributed by atoms with Crippen molar-refractivity contribution in [3.63, 3.8) is 0 Å². The van der Waals surface area contributed by atoms with Gasteiger partial charge < -0.3 is 10.1 Å². The van der Waals surface area contributed by atoms with Gasteiger partial charge in [0.05, 0.1) is 5.69 Å². The molecule has 0 saturated carbocycles. The van der Waals surface area contributed by atoms with Crippen molar-refractivity contribution < 1.29 is 17.9 Å². The fraction of sp³-hybridized carbons (Fsp3) is 0.667. The van der Waals surface area contributed by atoms with Gasteiger partial charge in [0.2, 0.25) is 5.91 Å². The quantitative estimate of drug-likeness (QED) is 0.756. The highest BCUT2D eigenvalue weighted by Crippen LogP contribution is 2.30. The Hall–Kier alpha value is -1.45. The smallest absolute Gasteiger partial charge is 0.260 e. The summed E-state index contributed by atoms with van der Waals surface area (Å²) in [4.78, 5) is 11.2. The summed E-state index contributed by atoms with van der Waals surface area (Å²) in [6.07, 6.45) is 0.573. The van der Waals surface area contributed by atoms with Gasteiger partial charge in [-0.2, -0.15) is 9.40 Å². The van der Waals surface area contributed by atoms with Gasteiger partial charge in [-0.15, -0.1) is 0 Å². The van der Waals surface area contributed by atoms with Gasteiger partial charge in [-0.3, -0.25) is 9.48 Å². The van der Waals surface area contributed by atoms with Crippen LogP contribution in [0.5, 0.6) is 0 Å². The Morgan fingerprint density at radius 2 is 2.24 bits per heavy atom. The number of ether oxygens (including phenoxy) is 1. The highest BCUT2D eigenvalue weighted by atomic mass is 32.2. The van der Waals surface area contributed by atoms with Crippen molar-refractivity contribution in [2.45, 2.75) is 24.0 Å². The molecule has 9 heteroatoms. The number of aromatic nitrogens is 2. The number of carbonyl (C=O) groups excluding carboxylic acids is 1. The number of amides is 1. The van der Waals surface area contributed by atoms with E-state index in [2.05, 4.69) is 10.4 Å². The first-order chi connectivity index (χ1) is 9.82. The van der Waals surface area contributed by atoms with Crippen molar-refractivity contribution >= 4 is 15.9 Å². The number of nitrogens with zero attached hydrogens (tertiary/aromatic N) is 3. The highest BCUT2D eigenvalue weighted by Gasteiger charge is 2.46. The SMILES string of the molecule is Cc1cc(S(=O)(=O)N2CCC3(CNC(=O)CO3)C2)n(C)n1. The molecule has 3 rings (SSSR count).